The van der Waals surface area contributed by atoms with Crippen LogP contribution in [0, 0.1) is 5.82 Å². The molecule has 3 heterocycles. The lowest BCUT2D eigenvalue weighted by molar-refractivity contribution is 0.102. The molecule has 0 bridgehead atoms. The first-order valence-electron chi connectivity index (χ1n) is 7.61. The van der Waals surface area contributed by atoms with Crippen molar-refractivity contribution in [1.29, 1.82) is 0 Å². The number of carbonyl (C=O) groups excluding carboxylic acids is 1. The summed E-state index contributed by atoms with van der Waals surface area (Å²) in [5.41, 5.74) is 3.18. The molecule has 0 atom stereocenters. The van der Waals surface area contributed by atoms with Gasteiger partial charge in [-0.15, -0.1) is 5.10 Å². The van der Waals surface area contributed by atoms with E-state index in [1.54, 1.807) is 19.2 Å². The molecule has 0 unspecified atom stereocenters. The first-order chi connectivity index (χ1) is 11.6. The van der Waals surface area contributed by atoms with Crippen molar-refractivity contribution < 1.29 is 9.18 Å². The molecule has 1 aliphatic rings. The fourth-order valence-electron chi connectivity index (χ4n) is 2.88. The zero-order valence-corrected chi connectivity index (χ0v) is 13.0. The molecule has 1 aromatic carbocycles. The average Bonchev–Trinajstić information content (AvgIpc) is 2.98. The van der Waals surface area contributed by atoms with E-state index in [1.165, 1.54) is 10.9 Å². The smallest absolute Gasteiger partial charge is 0.257 e. The highest BCUT2D eigenvalue weighted by Crippen LogP contribution is 2.25. The zero-order chi connectivity index (χ0) is 16.7. The van der Waals surface area contributed by atoms with Gasteiger partial charge in [0.15, 0.2) is 5.65 Å². The van der Waals surface area contributed by atoms with Gasteiger partial charge in [0.2, 0.25) is 0 Å². The number of amides is 1. The predicted octanol–water partition coefficient (Wildman–Crippen LogP) is 1.40. The molecule has 0 radical (unpaired) electrons. The molecule has 0 saturated carbocycles. The lowest BCUT2D eigenvalue weighted by Crippen LogP contribution is -2.25. The molecule has 0 fully saturated rings. The topological polar surface area (TPSA) is 84.7 Å². The number of nitrogens with zero attached hydrogens (tertiary/aromatic N) is 4. The van der Waals surface area contributed by atoms with Crippen molar-refractivity contribution in [1.82, 2.24) is 25.3 Å². The highest BCUT2D eigenvalue weighted by Gasteiger charge is 2.18. The number of hydrogen-bond donors (Lipinski definition) is 2. The SMILES string of the molecule is Cn1nnc2cc(C(=O)Nc3ccc4c(c3F)CCNC4)cnc21. The fourth-order valence-corrected chi connectivity index (χ4v) is 2.88. The number of fused-ring (bicyclic) bond motifs is 2. The number of aromatic nitrogens is 4. The van der Waals surface area contributed by atoms with Crippen LogP contribution < -0.4 is 10.6 Å². The summed E-state index contributed by atoms with van der Waals surface area (Å²) in [5.74, 6) is -0.793. The van der Waals surface area contributed by atoms with Gasteiger partial charge in [-0.3, -0.25) is 4.79 Å². The van der Waals surface area contributed by atoms with Gasteiger partial charge in [-0.2, -0.15) is 0 Å². The van der Waals surface area contributed by atoms with Gasteiger partial charge >= 0.3 is 0 Å². The van der Waals surface area contributed by atoms with E-state index in [0.717, 1.165) is 12.1 Å². The van der Waals surface area contributed by atoms with Gasteiger partial charge in [0.05, 0.1) is 11.3 Å². The third kappa shape index (κ3) is 2.41. The van der Waals surface area contributed by atoms with Gasteiger partial charge < -0.3 is 10.6 Å². The van der Waals surface area contributed by atoms with Crippen molar-refractivity contribution in [2.75, 3.05) is 11.9 Å². The van der Waals surface area contributed by atoms with E-state index in [2.05, 4.69) is 25.9 Å². The molecule has 2 N–H and O–H groups in total. The molecular formula is C16H15FN6O. The van der Waals surface area contributed by atoms with Crippen LogP contribution in [0.5, 0.6) is 0 Å². The van der Waals surface area contributed by atoms with Gasteiger partial charge in [-0.25, -0.2) is 14.1 Å². The van der Waals surface area contributed by atoms with E-state index in [4.69, 9.17) is 0 Å². The Hall–Kier alpha value is -2.87. The maximum atomic E-state index is 14.6. The number of rotatable bonds is 2. The number of carbonyl (C=O) groups is 1. The number of nitrogens with one attached hydrogen (secondary N) is 2. The summed E-state index contributed by atoms with van der Waals surface area (Å²) in [6.07, 6.45) is 2.04. The molecule has 3 aromatic rings. The van der Waals surface area contributed by atoms with Gasteiger partial charge in [0, 0.05) is 19.8 Å². The maximum absolute atomic E-state index is 14.6. The maximum Gasteiger partial charge on any atom is 0.257 e. The Kier molecular flexibility index (Phi) is 3.46. The molecule has 7 nitrogen and oxygen atoms in total. The summed E-state index contributed by atoms with van der Waals surface area (Å²) in [4.78, 5) is 16.6. The number of pyridine rings is 1. The first-order valence-corrected chi connectivity index (χ1v) is 7.61. The number of benzene rings is 1. The van der Waals surface area contributed by atoms with E-state index in [-0.39, 0.29) is 11.5 Å². The van der Waals surface area contributed by atoms with Crippen LogP contribution in [0.25, 0.3) is 11.2 Å². The molecule has 0 aliphatic carbocycles. The van der Waals surface area contributed by atoms with E-state index >= 15 is 0 Å². The third-order valence-electron chi connectivity index (χ3n) is 4.16. The van der Waals surface area contributed by atoms with Crippen molar-refractivity contribution in [3.8, 4) is 0 Å². The van der Waals surface area contributed by atoms with Crippen molar-refractivity contribution in [2.45, 2.75) is 13.0 Å². The Morgan fingerprint density at radius 1 is 1.42 bits per heavy atom. The van der Waals surface area contributed by atoms with E-state index in [1.807, 2.05) is 6.07 Å². The summed E-state index contributed by atoms with van der Waals surface area (Å²) in [6.45, 7) is 1.38. The molecule has 0 spiro atoms. The summed E-state index contributed by atoms with van der Waals surface area (Å²) in [5, 5.41) is 13.6. The van der Waals surface area contributed by atoms with Gasteiger partial charge in [0.25, 0.3) is 5.91 Å². The summed E-state index contributed by atoms with van der Waals surface area (Å²) in [6, 6.07) is 5.02. The number of halogens is 1. The van der Waals surface area contributed by atoms with Crippen LogP contribution in [-0.4, -0.2) is 32.4 Å². The highest BCUT2D eigenvalue weighted by atomic mass is 19.1. The summed E-state index contributed by atoms with van der Waals surface area (Å²) in [7, 11) is 1.72. The Bertz CT molecular complexity index is 951. The van der Waals surface area contributed by atoms with Gasteiger partial charge in [-0.1, -0.05) is 11.3 Å². The molecule has 2 aromatic heterocycles. The number of anilines is 1. The minimum Gasteiger partial charge on any atom is -0.319 e. The number of hydrogen-bond acceptors (Lipinski definition) is 5. The molecule has 1 aliphatic heterocycles. The predicted molar refractivity (Wildman–Crippen MR) is 86.1 cm³/mol. The average molecular weight is 326 g/mol. The van der Waals surface area contributed by atoms with Crippen LogP contribution in [-0.2, 0) is 20.0 Å². The first kappa shape index (κ1) is 14.7. The Labute approximate surface area is 136 Å². The third-order valence-corrected chi connectivity index (χ3v) is 4.16. The van der Waals surface area contributed by atoms with E-state index in [0.29, 0.717) is 35.3 Å². The molecular weight excluding hydrogens is 311 g/mol. The van der Waals surface area contributed by atoms with Crippen LogP contribution in [0.2, 0.25) is 0 Å². The van der Waals surface area contributed by atoms with Crippen molar-refractivity contribution in [3.63, 3.8) is 0 Å². The second kappa shape index (κ2) is 5.64. The molecule has 1 amide bonds. The second-order valence-corrected chi connectivity index (χ2v) is 5.73. The minimum atomic E-state index is -0.428. The van der Waals surface area contributed by atoms with E-state index < -0.39 is 5.91 Å². The lowest BCUT2D eigenvalue weighted by atomic mass is 9.99. The van der Waals surface area contributed by atoms with Crippen molar-refractivity contribution >= 4 is 22.8 Å². The highest BCUT2D eigenvalue weighted by molar-refractivity contribution is 6.05. The number of aryl methyl sites for hydroxylation is 1. The van der Waals surface area contributed by atoms with Crippen LogP contribution in [0.15, 0.2) is 24.4 Å². The Morgan fingerprint density at radius 2 is 2.29 bits per heavy atom. The molecule has 8 heteroatoms. The minimum absolute atomic E-state index is 0.180. The molecule has 0 saturated heterocycles. The molecule has 122 valence electrons. The fraction of sp³-hybridized carbons (Fsp3) is 0.250. The normalized spacial score (nSPS) is 13.8. The molecule has 4 rings (SSSR count). The standard InChI is InChI=1S/C16H15FN6O/c1-23-15-13(21-22-23)6-10(8-19-15)16(24)20-12-3-2-9-7-18-5-4-11(9)14(12)17/h2-3,6,8,18H,4-5,7H2,1H3,(H,20,24). The summed E-state index contributed by atoms with van der Waals surface area (Å²) >= 11 is 0. The lowest BCUT2D eigenvalue weighted by Gasteiger charge is -2.19. The van der Waals surface area contributed by atoms with Crippen LogP contribution >= 0.6 is 0 Å². The Morgan fingerprint density at radius 3 is 3.17 bits per heavy atom. The monoisotopic (exact) mass is 326 g/mol. The van der Waals surface area contributed by atoms with Gasteiger partial charge in [0.1, 0.15) is 11.3 Å². The van der Waals surface area contributed by atoms with Gasteiger partial charge in [-0.05, 0) is 36.2 Å². The Balaban J connectivity index is 1.63. The second-order valence-electron chi connectivity index (χ2n) is 5.73. The van der Waals surface area contributed by atoms with Crippen molar-refractivity contribution in [2.24, 2.45) is 7.05 Å². The van der Waals surface area contributed by atoms with Crippen LogP contribution in [0.4, 0.5) is 10.1 Å². The quantitative estimate of drug-likeness (QED) is 0.744. The zero-order valence-electron chi connectivity index (χ0n) is 13.0. The van der Waals surface area contributed by atoms with E-state index in [9.17, 15) is 9.18 Å². The molecule has 24 heavy (non-hydrogen) atoms. The van der Waals surface area contributed by atoms with Crippen LogP contribution in [0.3, 0.4) is 0 Å². The van der Waals surface area contributed by atoms with Crippen LogP contribution in [0.1, 0.15) is 21.5 Å². The van der Waals surface area contributed by atoms with Crippen molar-refractivity contribution in [3.05, 3.63) is 46.9 Å². The largest absolute Gasteiger partial charge is 0.319 e. The summed E-state index contributed by atoms with van der Waals surface area (Å²) < 4.78 is 16.1.